The molecular formula is C21H28N2O3S2. The van der Waals surface area contributed by atoms with E-state index in [4.69, 9.17) is 0 Å². The number of nitrogens with one attached hydrogen (secondary N) is 1. The van der Waals surface area contributed by atoms with Gasteiger partial charge in [0.05, 0.1) is 11.9 Å². The molecule has 0 aliphatic heterocycles. The van der Waals surface area contributed by atoms with Crippen LogP contribution in [-0.4, -0.2) is 39.4 Å². The standard InChI is InChI=1S/C21H28N2O3S2/c1-16-5-7-19(8-6-16)15-27-10-9-22-21(24)14-23(28(4,25)26)20-12-17(2)11-18(3)13-20/h5-8,11-13H,9-10,14-15H2,1-4H3,(H,22,24). The number of carbonyl (C=O) groups is 1. The van der Waals surface area contributed by atoms with Gasteiger partial charge in [-0.15, -0.1) is 0 Å². The fourth-order valence-electron chi connectivity index (χ4n) is 2.82. The Morgan fingerprint density at radius 2 is 1.61 bits per heavy atom. The molecule has 0 saturated carbocycles. The maximum absolute atomic E-state index is 12.3. The molecule has 28 heavy (non-hydrogen) atoms. The van der Waals surface area contributed by atoms with Gasteiger partial charge in [0.2, 0.25) is 15.9 Å². The van der Waals surface area contributed by atoms with E-state index in [-0.39, 0.29) is 12.5 Å². The molecule has 1 amide bonds. The highest BCUT2D eigenvalue weighted by molar-refractivity contribution is 7.98. The molecule has 0 fully saturated rings. The molecule has 0 atom stereocenters. The van der Waals surface area contributed by atoms with Crippen LogP contribution in [0.1, 0.15) is 22.3 Å². The van der Waals surface area contributed by atoms with Crippen LogP contribution in [0.2, 0.25) is 0 Å². The second kappa shape index (κ2) is 9.98. The maximum Gasteiger partial charge on any atom is 0.240 e. The molecule has 2 rings (SSSR count). The summed E-state index contributed by atoms with van der Waals surface area (Å²) in [5.74, 6) is 1.34. The second-order valence-corrected chi connectivity index (χ2v) is 10.0. The molecule has 0 aromatic heterocycles. The summed E-state index contributed by atoms with van der Waals surface area (Å²) in [6.45, 7) is 6.15. The number of carbonyl (C=O) groups excluding carboxylic acids is 1. The van der Waals surface area contributed by atoms with Crippen LogP contribution >= 0.6 is 11.8 Å². The average Bonchev–Trinajstić information content (AvgIpc) is 2.59. The number of nitrogens with zero attached hydrogens (tertiary/aromatic N) is 1. The van der Waals surface area contributed by atoms with E-state index in [0.717, 1.165) is 33.2 Å². The van der Waals surface area contributed by atoms with E-state index in [1.165, 1.54) is 11.1 Å². The van der Waals surface area contributed by atoms with Crippen LogP contribution in [0.3, 0.4) is 0 Å². The van der Waals surface area contributed by atoms with Gasteiger partial charge in [0, 0.05) is 18.1 Å². The molecule has 0 aliphatic carbocycles. The largest absolute Gasteiger partial charge is 0.354 e. The molecule has 2 aromatic rings. The summed E-state index contributed by atoms with van der Waals surface area (Å²) in [6.07, 6.45) is 1.12. The Balaban J connectivity index is 1.85. The molecule has 0 heterocycles. The van der Waals surface area contributed by atoms with Crippen molar-refractivity contribution in [1.29, 1.82) is 0 Å². The highest BCUT2D eigenvalue weighted by Crippen LogP contribution is 2.21. The van der Waals surface area contributed by atoms with Crippen molar-refractivity contribution in [3.63, 3.8) is 0 Å². The quantitative estimate of drug-likeness (QED) is 0.631. The van der Waals surface area contributed by atoms with Gasteiger partial charge in [0.15, 0.2) is 0 Å². The first kappa shape index (κ1) is 22.3. The first-order valence-electron chi connectivity index (χ1n) is 9.11. The Bertz CT molecular complexity index is 889. The lowest BCUT2D eigenvalue weighted by atomic mass is 10.1. The number of anilines is 1. The predicted octanol–water partition coefficient (Wildman–Crippen LogP) is 3.43. The van der Waals surface area contributed by atoms with Crippen LogP contribution in [0.5, 0.6) is 0 Å². The smallest absolute Gasteiger partial charge is 0.240 e. The van der Waals surface area contributed by atoms with Crippen molar-refractivity contribution >= 4 is 33.4 Å². The van der Waals surface area contributed by atoms with Gasteiger partial charge in [-0.1, -0.05) is 35.9 Å². The number of hydrogen-bond acceptors (Lipinski definition) is 4. The van der Waals surface area contributed by atoms with E-state index < -0.39 is 10.0 Å². The molecule has 0 spiro atoms. The molecule has 0 unspecified atom stereocenters. The first-order valence-corrected chi connectivity index (χ1v) is 12.1. The Labute approximate surface area is 172 Å². The van der Waals surface area contributed by atoms with E-state index in [1.54, 1.807) is 23.9 Å². The minimum Gasteiger partial charge on any atom is -0.354 e. The van der Waals surface area contributed by atoms with Crippen molar-refractivity contribution < 1.29 is 13.2 Å². The lowest BCUT2D eigenvalue weighted by Crippen LogP contribution is -2.41. The molecule has 0 saturated heterocycles. The van der Waals surface area contributed by atoms with Crippen LogP contribution in [0.15, 0.2) is 42.5 Å². The van der Waals surface area contributed by atoms with Crippen molar-refractivity contribution in [1.82, 2.24) is 5.32 Å². The molecule has 0 bridgehead atoms. The monoisotopic (exact) mass is 420 g/mol. The van der Waals surface area contributed by atoms with Crippen LogP contribution in [0, 0.1) is 20.8 Å². The van der Waals surface area contributed by atoms with E-state index in [0.29, 0.717) is 12.2 Å². The number of benzene rings is 2. The minimum absolute atomic E-state index is 0.218. The Hall–Kier alpha value is -1.99. The number of hydrogen-bond donors (Lipinski definition) is 1. The molecule has 0 radical (unpaired) electrons. The minimum atomic E-state index is -3.55. The van der Waals surface area contributed by atoms with E-state index in [1.807, 2.05) is 19.9 Å². The summed E-state index contributed by atoms with van der Waals surface area (Å²) in [5.41, 5.74) is 4.91. The first-order chi connectivity index (χ1) is 13.1. The summed E-state index contributed by atoms with van der Waals surface area (Å²) in [7, 11) is -3.55. The molecule has 5 nitrogen and oxygen atoms in total. The number of sulfonamides is 1. The topological polar surface area (TPSA) is 66.5 Å². The third-order valence-electron chi connectivity index (χ3n) is 4.14. The highest BCUT2D eigenvalue weighted by atomic mass is 32.2. The molecule has 152 valence electrons. The van der Waals surface area contributed by atoms with Crippen molar-refractivity contribution in [2.75, 3.05) is 29.4 Å². The van der Waals surface area contributed by atoms with Gasteiger partial charge in [-0.05, 0) is 49.6 Å². The van der Waals surface area contributed by atoms with Gasteiger partial charge in [-0.25, -0.2) is 8.42 Å². The van der Waals surface area contributed by atoms with Gasteiger partial charge in [-0.3, -0.25) is 9.10 Å². The summed E-state index contributed by atoms with van der Waals surface area (Å²) in [5, 5.41) is 2.81. The maximum atomic E-state index is 12.3. The zero-order valence-corrected chi connectivity index (χ0v) is 18.5. The van der Waals surface area contributed by atoms with Crippen molar-refractivity contribution in [3.8, 4) is 0 Å². The third-order valence-corrected chi connectivity index (χ3v) is 6.31. The van der Waals surface area contributed by atoms with Crippen LogP contribution in [-0.2, 0) is 20.6 Å². The SMILES string of the molecule is Cc1ccc(CSCCNC(=O)CN(c2cc(C)cc(C)c2)S(C)(=O)=O)cc1. The van der Waals surface area contributed by atoms with E-state index in [9.17, 15) is 13.2 Å². The van der Waals surface area contributed by atoms with E-state index >= 15 is 0 Å². The second-order valence-electron chi connectivity index (χ2n) is 7.00. The van der Waals surface area contributed by atoms with Crippen molar-refractivity contribution in [2.45, 2.75) is 26.5 Å². The van der Waals surface area contributed by atoms with Gasteiger partial charge < -0.3 is 5.32 Å². The Kier molecular flexibility index (Phi) is 7.95. The van der Waals surface area contributed by atoms with Crippen molar-refractivity contribution in [2.24, 2.45) is 0 Å². The number of amides is 1. The Morgan fingerprint density at radius 1 is 1.00 bits per heavy atom. The number of aryl methyl sites for hydroxylation is 3. The van der Waals surface area contributed by atoms with Gasteiger partial charge in [-0.2, -0.15) is 11.8 Å². The Morgan fingerprint density at radius 3 is 2.18 bits per heavy atom. The normalized spacial score (nSPS) is 11.3. The number of thioether (sulfide) groups is 1. The fourth-order valence-corrected chi connectivity index (χ4v) is 4.48. The molecule has 7 heteroatoms. The van der Waals surface area contributed by atoms with Gasteiger partial charge in [0.1, 0.15) is 6.54 Å². The summed E-state index contributed by atoms with van der Waals surface area (Å²) >= 11 is 1.73. The fraction of sp³-hybridized carbons (Fsp3) is 0.381. The summed E-state index contributed by atoms with van der Waals surface area (Å²) in [4.78, 5) is 12.3. The molecule has 2 aromatic carbocycles. The zero-order chi connectivity index (χ0) is 20.7. The van der Waals surface area contributed by atoms with Crippen LogP contribution in [0.4, 0.5) is 5.69 Å². The van der Waals surface area contributed by atoms with Gasteiger partial charge in [0.25, 0.3) is 0 Å². The third kappa shape index (κ3) is 7.20. The number of rotatable bonds is 9. The predicted molar refractivity (Wildman–Crippen MR) is 118 cm³/mol. The zero-order valence-electron chi connectivity index (χ0n) is 16.9. The van der Waals surface area contributed by atoms with Crippen molar-refractivity contribution in [3.05, 3.63) is 64.7 Å². The van der Waals surface area contributed by atoms with Crippen LogP contribution < -0.4 is 9.62 Å². The lowest BCUT2D eigenvalue weighted by molar-refractivity contribution is -0.119. The van der Waals surface area contributed by atoms with Crippen LogP contribution in [0.25, 0.3) is 0 Å². The lowest BCUT2D eigenvalue weighted by Gasteiger charge is -2.22. The highest BCUT2D eigenvalue weighted by Gasteiger charge is 2.21. The summed E-state index contributed by atoms with van der Waals surface area (Å²) < 4.78 is 25.5. The molecule has 1 N–H and O–H groups in total. The molecule has 0 aliphatic rings. The summed E-state index contributed by atoms with van der Waals surface area (Å²) in [6, 6.07) is 13.9. The average molecular weight is 421 g/mol. The van der Waals surface area contributed by atoms with Gasteiger partial charge >= 0.3 is 0 Å². The molecular weight excluding hydrogens is 392 g/mol. The van der Waals surface area contributed by atoms with E-state index in [2.05, 4.69) is 36.5 Å².